The molecule has 0 radical (unpaired) electrons. The van der Waals surface area contributed by atoms with Gasteiger partial charge in [-0.05, 0) is 60.4 Å². The van der Waals surface area contributed by atoms with Crippen molar-refractivity contribution in [1.29, 1.82) is 0 Å². The van der Waals surface area contributed by atoms with Crippen LogP contribution in [0.25, 0.3) is 11.1 Å². The van der Waals surface area contributed by atoms with Gasteiger partial charge in [-0.2, -0.15) is 0 Å². The Bertz CT molecular complexity index is 922. The van der Waals surface area contributed by atoms with Gasteiger partial charge < -0.3 is 15.4 Å². The van der Waals surface area contributed by atoms with Crippen LogP contribution < -0.4 is 10.5 Å². The Morgan fingerprint density at radius 2 is 1.70 bits per heavy atom. The second kappa shape index (κ2) is 8.13. The summed E-state index contributed by atoms with van der Waals surface area (Å²) in [7, 11) is 1.66. The molecule has 2 amide bonds. The fourth-order valence-corrected chi connectivity index (χ4v) is 4.64. The van der Waals surface area contributed by atoms with Gasteiger partial charge in [-0.15, -0.1) is 0 Å². The highest BCUT2D eigenvalue weighted by molar-refractivity contribution is 5.85. The molecule has 4 rings (SSSR count). The van der Waals surface area contributed by atoms with E-state index in [9.17, 15) is 9.59 Å². The van der Waals surface area contributed by atoms with E-state index in [0.717, 1.165) is 48.2 Å². The Balaban J connectivity index is 1.50. The van der Waals surface area contributed by atoms with E-state index in [2.05, 4.69) is 31.2 Å². The summed E-state index contributed by atoms with van der Waals surface area (Å²) in [5.74, 6) is 1.33. The van der Waals surface area contributed by atoms with Gasteiger partial charge in [0.2, 0.25) is 11.8 Å². The van der Waals surface area contributed by atoms with E-state index < -0.39 is 5.41 Å². The summed E-state index contributed by atoms with van der Waals surface area (Å²) >= 11 is 0. The highest BCUT2D eigenvalue weighted by Crippen LogP contribution is 2.42. The van der Waals surface area contributed by atoms with Crippen LogP contribution in [0.15, 0.2) is 48.5 Å². The van der Waals surface area contributed by atoms with E-state index in [1.54, 1.807) is 7.11 Å². The van der Waals surface area contributed by atoms with Gasteiger partial charge in [0.1, 0.15) is 5.75 Å². The Labute approximate surface area is 178 Å². The molecule has 1 saturated carbocycles. The summed E-state index contributed by atoms with van der Waals surface area (Å²) in [6, 6.07) is 16.2. The molecule has 2 aliphatic rings. The molecule has 2 aromatic carbocycles. The van der Waals surface area contributed by atoms with Gasteiger partial charge in [0, 0.05) is 19.0 Å². The van der Waals surface area contributed by atoms with E-state index >= 15 is 0 Å². The number of primary amides is 1. The Hall–Kier alpha value is -2.82. The minimum Gasteiger partial charge on any atom is -0.497 e. The van der Waals surface area contributed by atoms with Crippen LogP contribution in [0.1, 0.15) is 31.7 Å². The van der Waals surface area contributed by atoms with Crippen LogP contribution in [0, 0.1) is 17.3 Å². The van der Waals surface area contributed by atoms with Gasteiger partial charge in [0.05, 0.1) is 12.5 Å². The summed E-state index contributed by atoms with van der Waals surface area (Å²) in [5, 5.41) is 0. The van der Waals surface area contributed by atoms with Crippen molar-refractivity contribution in [1.82, 2.24) is 4.90 Å². The van der Waals surface area contributed by atoms with Crippen LogP contribution in [0.2, 0.25) is 0 Å². The van der Waals surface area contributed by atoms with E-state index in [0.29, 0.717) is 18.9 Å². The molecule has 2 aromatic rings. The van der Waals surface area contributed by atoms with Crippen molar-refractivity contribution in [3.05, 3.63) is 54.1 Å². The third-order valence-electron chi connectivity index (χ3n) is 6.76. The molecule has 5 heteroatoms. The molecular weight excluding hydrogens is 376 g/mol. The molecule has 0 spiro atoms. The zero-order valence-electron chi connectivity index (χ0n) is 17.8. The van der Waals surface area contributed by atoms with Crippen molar-refractivity contribution in [2.75, 3.05) is 20.2 Å². The first kappa shape index (κ1) is 20.5. The van der Waals surface area contributed by atoms with Crippen molar-refractivity contribution in [3.63, 3.8) is 0 Å². The van der Waals surface area contributed by atoms with Crippen molar-refractivity contribution >= 4 is 11.8 Å². The Morgan fingerprint density at radius 3 is 2.23 bits per heavy atom. The van der Waals surface area contributed by atoms with Gasteiger partial charge in [-0.1, -0.05) is 43.3 Å². The third-order valence-corrected chi connectivity index (χ3v) is 6.76. The molecule has 1 heterocycles. The molecular formula is C25H30N2O3. The summed E-state index contributed by atoms with van der Waals surface area (Å²) < 4.78 is 5.22. The molecule has 1 saturated heterocycles. The van der Waals surface area contributed by atoms with Crippen LogP contribution >= 0.6 is 0 Å². The topological polar surface area (TPSA) is 72.6 Å². The van der Waals surface area contributed by atoms with E-state index in [-0.39, 0.29) is 17.7 Å². The van der Waals surface area contributed by atoms with Crippen LogP contribution in [-0.4, -0.2) is 36.9 Å². The second-order valence-corrected chi connectivity index (χ2v) is 8.93. The molecule has 0 aromatic heterocycles. The number of piperidine rings is 1. The predicted octanol–water partition coefficient (Wildman–Crippen LogP) is 3.65. The van der Waals surface area contributed by atoms with E-state index in [4.69, 9.17) is 10.5 Å². The molecule has 2 N–H and O–H groups in total. The lowest BCUT2D eigenvalue weighted by atomic mass is 9.74. The molecule has 5 nitrogen and oxygen atoms in total. The fourth-order valence-electron chi connectivity index (χ4n) is 4.64. The number of ether oxygens (including phenoxy) is 1. The number of hydrogen-bond donors (Lipinski definition) is 1. The minimum atomic E-state index is -0.687. The summed E-state index contributed by atoms with van der Waals surface area (Å²) in [6.07, 6.45) is 3.08. The molecule has 0 bridgehead atoms. The standard InChI is InChI=1S/C25H30N2O3/c1-17-14-22(17)23(28)27-13-3-12-25(16-27,24(26)29)15-18-4-6-19(7-5-18)20-8-10-21(30-2)11-9-20/h4-11,17,22H,3,12-16H2,1-2H3,(H2,26,29)/t17-,22-,25-/m1/s1. The third kappa shape index (κ3) is 4.07. The monoisotopic (exact) mass is 406 g/mol. The quantitative estimate of drug-likeness (QED) is 0.796. The number of methoxy groups -OCH3 is 1. The maximum Gasteiger partial charge on any atom is 0.225 e. The van der Waals surface area contributed by atoms with Gasteiger partial charge in [-0.25, -0.2) is 0 Å². The summed E-state index contributed by atoms with van der Waals surface area (Å²) in [6.45, 7) is 3.27. The Morgan fingerprint density at radius 1 is 1.10 bits per heavy atom. The van der Waals surface area contributed by atoms with Gasteiger partial charge in [0.15, 0.2) is 0 Å². The molecule has 158 valence electrons. The number of rotatable bonds is 6. The average molecular weight is 407 g/mol. The van der Waals surface area contributed by atoms with E-state index in [1.165, 1.54) is 0 Å². The first-order valence-electron chi connectivity index (χ1n) is 10.7. The predicted molar refractivity (Wildman–Crippen MR) is 117 cm³/mol. The van der Waals surface area contributed by atoms with Gasteiger partial charge in [0.25, 0.3) is 0 Å². The molecule has 30 heavy (non-hydrogen) atoms. The van der Waals surface area contributed by atoms with Crippen LogP contribution in [-0.2, 0) is 16.0 Å². The Kier molecular flexibility index (Phi) is 5.54. The SMILES string of the molecule is COc1ccc(-c2ccc(C[C@]3(C(N)=O)CCCN(C(=O)[C@@H]4C[C@H]4C)C3)cc2)cc1. The van der Waals surface area contributed by atoms with Gasteiger partial charge >= 0.3 is 0 Å². The zero-order valence-corrected chi connectivity index (χ0v) is 17.8. The van der Waals surface area contributed by atoms with Crippen LogP contribution in [0.3, 0.4) is 0 Å². The number of benzene rings is 2. The maximum absolute atomic E-state index is 12.7. The van der Waals surface area contributed by atoms with Crippen LogP contribution in [0.5, 0.6) is 5.75 Å². The van der Waals surface area contributed by atoms with Gasteiger partial charge in [-0.3, -0.25) is 9.59 Å². The summed E-state index contributed by atoms with van der Waals surface area (Å²) in [4.78, 5) is 27.1. The molecule has 3 atom stereocenters. The number of nitrogens with zero attached hydrogens (tertiary/aromatic N) is 1. The number of carbonyl (C=O) groups excluding carboxylic acids is 2. The minimum absolute atomic E-state index is 0.137. The molecule has 1 aliphatic heterocycles. The lowest BCUT2D eigenvalue weighted by Crippen LogP contribution is -2.53. The number of hydrogen-bond acceptors (Lipinski definition) is 3. The lowest BCUT2D eigenvalue weighted by Gasteiger charge is -2.41. The number of likely N-dealkylation sites (tertiary alicyclic amines) is 1. The lowest BCUT2D eigenvalue weighted by molar-refractivity contribution is -0.141. The van der Waals surface area contributed by atoms with Crippen molar-refractivity contribution < 1.29 is 14.3 Å². The molecule has 1 aliphatic carbocycles. The number of nitrogens with two attached hydrogens (primary N) is 1. The van der Waals surface area contributed by atoms with Crippen molar-refractivity contribution in [2.24, 2.45) is 23.0 Å². The summed E-state index contributed by atoms with van der Waals surface area (Å²) in [5.41, 5.74) is 8.49. The first-order valence-corrected chi connectivity index (χ1v) is 10.7. The molecule has 0 unspecified atom stereocenters. The second-order valence-electron chi connectivity index (χ2n) is 8.93. The fraction of sp³-hybridized carbons (Fsp3) is 0.440. The van der Waals surface area contributed by atoms with E-state index in [1.807, 2.05) is 29.2 Å². The van der Waals surface area contributed by atoms with Crippen molar-refractivity contribution in [3.8, 4) is 16.9 Å². The largest absolute Gasteiger partial charge is 0.497 e. The molecule has 2 fully saturated rings. The number of carbonyl (C=O) groups is 2. The maximum atomic E-state index is 12.7. The first-order chi connectivity index (χ1) is 14.4. The number of amides is 2. The van der Waals surface area contributed by atoms with Crippen LogP contribution in [0.4, 0.5) is 0 Å². The zero-order chi connectivity index (χ0) is 21.3. The highest BCUT2D eigenvalue weighted by atomic mass is 16.5. The smallest absolute Gasteiger partial charge is 0.225 e. The highest BCUT2D eigenvalue weighted by Gasteiger charge is 2.47. The normalized spacial score (nSPS) is 25.6. The average Bonchev–Trinajstić information content (AvgIpc) is 3.50. The van der Waals surface area contributed by atoms with Crippen molar-refractivity contribution in [2.45, 2.75) is 32.6 Å².